The molecule has 0 bridgehead atoms. The predicted molar refractivity (Wildman–Crippen MR) is 46.7 cm³/mol. The van der Waals surface area contributed by atoms with E-state index in [-0.39, 0.29) is 0 Å². The van der Waals surface area contributed by atoms with Crippen molar-refractivity contribution in [3.05, 3.63) is 35.9 Å². The first kappa shape index (κ1) is 7.14. The molecule has 1 aromatic carbocycles. The first-order valence-electron chi connectivity index (χ1n) is 3.23. The highest BCUT2D eigenvalue weighted by molar-refractivity contribution is 6.34. The highest BCUT2D eigenvalue weighted by atomic mass is 14.0. The summed E-state index contributed by atoms with van der Waals surface area (Å²) in [6.45, 7) is 5.69. The van der Waals surface area contributed by atoms with Crippen LogP contribution in [0, 0.1) is 6.92 Å². The number of benzene rings is 1. The zero-order valence-corrected chi connectivity index (χ0v) is 6.09. The van der Waals surface area contributed by atoms with E-state index in [2.05, 4.69) is 6.58 Å². The zero-order chi connectivity index (χ0) is 7.56. The van der Waals surface area contributed by atoms with E-state index >= 15 is 0 Å². The lowest BCUT2D eigenvalue weighted by atomic mass is 9.88. The summed E-state index contributed by atoms with van der Waals surface area (Å²) in [6.07, 6.45) is 1.78. The summed E-state index contributed by atoms with van der Waals surface area (Å²) < 4.78 is 0. The average Bonchev–Trinajstić information content (AvgIpc) is 1.88. The molecule has 48 valence electrons. The topological polar surface area (TPSA) is 0 Å². The molecule has 1 rings (SSSR count). The van der Waals surface area contributed by atoms with Gasteiger partial charge in [0.05, 0.1) is 0 Å². The minimum atomic E-state index is 0.801. The second kappa shape index (κ2) is 2.74. The molecule has 1 aromatic rings. The largest absolute Gasteiger partial charge is 0.114 e. The fourth-order valence-corrected chi connectivity index (χ4v) is 0.982. The second-order valence-electron chi connectivity index (χ2n) is 2.28. The number of rotatable bonds is 1. The molecule has 10 heavy (non-hydrogen) atoms. The Morgan fingerprint density at radius 3 is 2.60 bits per heavy atom. The van der Waals surface area contributed by atoms with Gasteiger partial charge in [-0.05, 0) is 18.1 Å². The van der Waals surface area contributed by atoms with Crippen LogP contribution >= 0.6 is 0 Å². The Balaban J connectivity index is 3.30. The van der Waals surface area contributed by atoms with Gasteiger partial charge in [0.1, 0.15) is 7.85 Å². The molecule has 2 radical (unpaired) electrons. The summed E-state index contributed by atoms with van der Waals surface area (Å²) in [5.41, 5.74) is 3.02. The number of aryl methyl sites for hydroxylation is 1. The van der Waals surface area contributed by atoms with Gasteiger partial charge in [0.2, 0.25) is 0 Å². The van der Waals surface area contributed by atoms with E-state index in [1.165, 1.54) is 5.56 Å². The SMILES string of the molecule is [B]c1cccc(C)c1C=C. The van der Waals surface area contributed by atoms with Crippen LogP contribution in [0.5, 0.6) is 0 Å². The van der Waals surface area contributed by atoms with Crippen LogP contribution < -0.4 is 5.46 Å². The Labute approximate surface area is 63.0 Å². The van der Waals surface area contributed by atoms with Crippen LogP contribution in [0.1, 0.15) is 11.1 Å². The van der Waals surface area contributed by atoms with Crippen molar-refractivity contribution < 1.29 is 0 Å². The first-order chi connectivity index (χ1) is 4.75. The molecule has 0 fully saturated rings. The Hall–Kier alpha value is -0.975. The maximum atomic E-state index is 5.66. The Morgan fingerprint density at radius 1 is 1.50 bits per heavy atom. The molecule has 0 amide bonds. The van der Waals surface area contributed by atoms with E-state index in [0.717, 1.165) is 11.0 Å². The van der Waals surface area contributed by atoms with Gasteiger partial charge >= 0.3 is 0 Å². The highest BCUT2D eigenvalue weighted by Crippen LogP contribution is 2.03. The van der Waals surface area contributed by atoms with E-state index in [9.17, 15) is 0 Å². The Morgan fingerprint density at radius 2 is 2.20 bits per heavy atom. The van der Waals surface area contributed by atoms with Gasteiger partial charge in [-0.3, -0.25) is 0 Å². The molecule has 0 aliphatic heterocycles. The minimum Gasteiger partial charge on any atom is -0.0985 e. The van der Waals surface area contributed by atoms with Crippen LogP contribution in [0.3, 0.4) is 0 Å². The lowest BCUT2D eigenvalue weighted by Crippen LogP contribution is -2.07. The molecule has 0 saturated carbocycles. The molecule has 0 spiro atoms. The van der Waals surface area contributed by atoms with Crippen LogP contribution in [0.15, 0.2) is 24.8 Å². The third-order valence-corrected chi connectivity index (χ3v) is 1.56. The lowest BCUT2D eigenvalue weighted by Gasteiger charge is -2.02. The standard InChI is InChI=1S/C9H9B/c1-3-8-7(2)5-4-6-9(8)10/h3-6H,1H2,2H3. The molecule has 0 nitrogen and oxygen atoms in total. The summed E-state index contributed by atoms with van der Waals surface area (Å²) in [5, 5.41) is 0. The van der Waals surface area contributed by atoms with E-state index in [1.807, 2.05) is 25.1 Å². The van der Waals surface area contributed by atoms with Crippen molar-refractivity contribution in [2.24, 2.45) is 0 Å². The van der Waals surface area contributed by atoms with Gasteiger partial charge in [-0.15, -0.1) is 0 Å². The quantitative estimate of drug-likeness (QED) is 0.502. The molecular weight excluding hydrogens is 119 g/mol. The lowest BCUT2D eigenvalue weighted by molar-refractivity contribution is 1.47. The highest BCUT2D eigenvalue weighted by Gasteiger charge is 1.93. The van der Waals surface area contributed by atoms with Crippen molar-refractivity contribution in [3.8, 4) is 0 Å². The maximum Gasteiger partial charge on any atom is 0.114 e. The summed E-state index contributed by atoms with van der Waals surface area (Å²) >= 11 is 0. The third kappa shape index (κ3) is 1.13. The molecular formula is C9H9B. The van der Waals surface area contributed by atoms with E-state index in [0.29, 0.717) is 0 Å². The van der Waals surface area contributed by atoms with E-state index in [4.69, 9.17) is 7.85 Å². The van der Waals surface area contributed by atoms with Crippen LogP contribution in [0.25, 0.3) is 6.08 Å². The molecule has 0 atom stereocenters. The van der Waals surface area contributed by atoms with Gasteiger partial charge in [0.15, 0.2) is 0 Å². The molecule has 0 unspecified atom stereocenters. The van der Waals surface area contributed by atoms with Gasteiger partial charge in [0.25, 0.3) is 0 Å². The molecule has 0 aliphatic rings. The van der Waals surface area contributed by atoms with Gasteiger partial charge in [-0.25, -0.2) is 0 Å². The summed E-state index contributed by atoms with van der Waals surface area (Å²) in [6, 6.07) is 5.84. The van der Waals surface area contributed by atoms with Crippen LogP contribution in [0.4, 0.5) is 0 Å². The summed E-state index contributed by atoms with van der Waals surface area (Å²) in [4.78, 5) is 0. The summed E-state index contributed by atoms with van der Waals surface area (Å²) in [7, 11) is 5.66. The Bertz CT molecular complexity index is 231. The minimum absolute atomic E-state index is 0.801. The van der Waals surface area contributed by atoms with Crippen molar-refractivity contribution in [2.45, 2.75) is 6.92 Å². The summed E-state index contributed by atoms with van der Waals surface area (Å²) in [5.74, 6) is 0. The molecule has 1 heteroatoms. The van der Waals surface area contributed by atoms with Crippen molar-refractivity contribution in [2.75, 3.05) is 0 Å². The average molecular weight is 128 g/mol. The van der Waals surface area contributed by atoms with Gasteiger partial charge in [0, 0.05) is 0 Å². The monoisotopic (exact) mass is 128 g/mol. The second-order valence-corrected chi connectivity index (χ2v) is 2.28. The van der Waals surface area contributed by atoms with E-state index < -0.39 is 0 Å². The third-order valence-electron chi connectivity index (χ3n) is 1.56. The van der Waals surface area contributed by atoms with Crippen molar-refractivity contribution in [3.63, 3.8) is 0 Å². The fourth-order valence-electron chi connectivity index (χ4n) is 0.982. The maximum absolute atomic E-state index is 5.66. The van der Waals surface area contributed by atoms with Crippen LogP contribution in [0.2, 0.25) is 0 Å². The smallest absolute Gasteiger partial charge is 0.0985 e. The van der Waals surface area contributed by atoms with E-state index in [1.54, 1.807) is 6.08 Å². The van der Waals surface area contributed by atoms with Gasteiger partial charge in [-0.1, -0.05) is 36.3 Å². The molecule has 0 heterocycles. The van der Waals surface area contributed by atoms with Gasteiger partial charge in [-0.2, -0.15) is 0 Å². The fraction of sp³-hybridized carbons (Fsp3) is 0.111. The zero-order valence-electron chi connectivity index (χ0n) is 6.09. The molecule has 0 N–H and O–H groups in total. The Kier molecular flexibility index (Phi) is 1.95. The molecule has 0 saturated heterocycles. The number of hydrogen-bond acceptors (Lipinski definition) is 0. The first-order valence-corrected chi connectivity index (χ1v) is 3.23. The molecule has 0 aliphatic carbocycles. The van der Waals surface area contributed by atoms with Crippen molar-refractivity contribution in [1.29, 1.82) is 0 Å². The molecule has 0 aromatic heterocycles. The van der Waals surface area contributed by atoms with Gasteiger partial charge < -0.3 is 0 Å². The predicted octanol–water partition coefficient (Wildman–Crippen LogP) is 1.43. The van der Waals surface area contributed by atoms with Crippen molar-refractivity contribution in [1.82, 2.24) is 0 Å². The van der Waals surface area contributed by atoms with Crippen LogP contribution in [-0.4, -0.2) is 7.85 Å². The van der Waals surface area contributed by atoms with Crippen molar-refractivity contribution >= 4 is 19.4 Å². The number of hydrogen-bond donors (Lipinski definition) is 0. The normalized spacial score (nSPS) is 9.30. The van der Waals surface area contributed by atoms with Crippen LogP contribution in [-0.2, 0) is 0 Å².